The second-order valence-electron chi connectivity index (χ2n) is 5.79. The van der Waals surface area contributed by atoms with Crippen LogP contribution in [0.4, 0.5) is 11.4 Å². The highest BCUT2D eigenvalue weighted by Gasteiger charge is 2.40. The van der Waals surface area contributed by atoms with E-state index in [0.29, 0.717) is 0 Å². The molecule has 0 fully saturated rings. The van der Waals surface area contributed by atoms with E-state index in [1.54, 1.807) is 31.2 Å². The molecule has 0 spiro atoms. The molecule has 0 aliphatic carbocycles. The Morgan fingerprint density at radius 1 is 1.15 bits per heavy atom. The number of carbonyl (C=O) groups is 3. The van der Waals surface area contributed by atoms with Gasteiger partial charge in [0.25, 0.3) is 11.8 Å². The molecule has 0 bridgehead atoms. The highest BCUT2D eigenvalue weighted by atomic mass is 35.5. The first-order valence-electron chi connectivity index (χ1n) is 7.87. The van der Waals surface area contributed by atoms with Crippen LogP contribution in [0.2, 0.25) is 0 Å². The maximum absolute atomic E-state index is 12.9. The Kier molecular flexibility index (Phi) is 4.87. The predicted molar refractivity (Wildman–Crippen MR) is 99.6 cm³/mol. The summed E-state index contributed by atoms with van der Waals surface area (Å²) in [4.78, 5) is 38.2. The van der Waals surface area contributed by atoms with E-state index in [9.17, 15) is 19.5 Å². The molecule has 7 nitrogen and oxygen atoms in total. The second kappa shape index (κ2) is 7.13. The highest BCUT2D eigenvalue weighted by molar-refractivity contribution is 6.53. The van der Waals surface area contributed by atoms with Gasteiger partial charge in [-0.1, -0.05) is 29.8 Å². The number of carbonyl (C=O) groups excluding carboxylic acids is 3. The third kappa shape index (κ3) is 3.24. The molecular weight excluding hydrogens is 372 g/mol. The highest BCUT2D eigenvalue weighted by Crippen LogP contribution is 2.34. The van der Waals surface area contributed by atoms with E-state index in [0.717, 1.165) is 10.5 Å². The average Bonchev–Trinajstić information content (AvgIpc) is 2.87. The molecule has 1 aliphatic heterocycles. The number of rotatable bonds is 4. The molecule has 2 aromatic carbocycles. The molecule has 138 valence electrons. The van der Waals surface area contributed by atoms with Crippen LogP contribution in [0.1, 0.15) is 15.9 Å². The number of hydrogen-bond acceptors (Lipinski definition) is 6. The van der Waals surface area contributed by atoms with Gasteiger partial charge in [-0.05, 0) is 36.8 Å². The van der Waals surface area contributed by atoms with Crippen molar-refractivity contribution >= 4 is 40.8 Å². The number of methoxy groups -OCH3 is 1. The van der Waals surface area contributed by atoms with Gasteiger partial charge >= 0.3 is 5.97 Å². The molecule has 2 N–H and O–H groups in total. The van der Waals surface area contributed by atoms with Crippen molar-refractivity contribution in [3.05, 3.63) is 64.3 Å². The van der Waals surface area contributed by atoms with E-state index < -0.39 is 17.8 Å². The number of phenolic OH excluding ortho intramolecular Hbond substituents is 1. The van der Waals surface area contributed by atoms with Crippen molar-refractivity contribution in [1.29, 1.82) is 0 Å². The Balaban J connectivity index is 2.00. The molecule has 0 radical (unpaired) electrons. The van der Waals surface area contributed by atoms with Crippen LogP contribution in [-0.2, 0) is 14.3 Å². The zero-order valence-electron chi connectivity index (χ0n) is 14.4. The maximum Gasteiger partial charge on any atom is 0.339 e. The number of imide groups is 1. The van der Waals surface area contributed by atoms with Gasteiger partial charge in [-0.2, -0.15) is 0 Å². The normalized spacial score (nSPS) is 14.0. The summed E-state index contributed by atoms with van der Waals surface area (Å²) < 4.78 is 4.70. The van der Waals surface area contributed by atoms with Crippen molar-refractivity contribution in [2.24, 2.45) is 0 Å². The number of anilines is 2. The van der Waals surface area contributed by atoms with E-state index >= 15 is 0 Å². The summed E-state index contributed by atoms with van der Waals surface area (Å²) in [6.45, 7) is 1.81. The standard InChI is InChI=1S/C19H15ClN2O5/c1-10-7-8-14(23)12(9-10)21-16-15(20)17(24)22(18(16)25)13-6-4-3-5-11(13)19(26)27-2/h3-9,21,23H,1-2H3. The number of phenols is 1. The number of para-hydroxylation sites is 1. The van der Waals surface area contributed by atoms with Crippen molar-refractivity contribution in [2.45, 2.75) is 6.92 Å². The van der Waals surface area contributed by atoms with Gasteiger partial charge in [0.05, 0.1) is 24.0 Å². The van der Waals surface area contributed by atoms with E-state index in [2.05, 4.69) is 5.32 Å². The van der Waals surface area contributed by atoms with Gasteiger partial charge in [0.15, 0.2) is 0 Å². The summed E-state index contributed by atoms with van der Waals surface area (Å²) in [5.74, 6) is -2.33. The fourth-order valence-corrected chi connectivity index (χ4v) is 2.88. The lowest BCUT2D eigenvalue weighted by Gasteiger charge is -2.18. The van der Waals surface area contributed by atoms with Crippen LogP contribution in [0.25, 0.3) is 0 Å². The first kappa shape index (κ1) is 18.5. The lowest BCUT2D eigenvalue weighted by molar-refractivity contribution is -0.120. The van der Waals surface area contributed by atoms with Crippen molar-refractivity contribution in [3.8, 4) is 5.75 Å². The molecule has 27 heavy (non-hydrogen) atoms. The van der Waals surface area contributed by atoms with Crippen molar-refractivity contribution < 1.29 is 24.2 Å². The largest absolute Gasteiger partial charge is 0.506 e. The van der Waals surface area contributed by atoms with Gasteiger partial charge in [-0.25, -0.2) is 9.69 Å². The molecule has 0 atom stereocenters. The summed E-state index contributed by atoms with van der Waals surface area (Å²) >= 11 is 6.08. The van der Waals surface area contributed by atoms with E-state index in [1.165, 1.54) is 25.3 Å². The fraction of sp³-hybridized carbons (Fsp3) is 0.105. The molecule has 8 heteroatoms. The summed E-state index contributed by atoms with van der Waals surface area (Å²) in [7, 11) is 1.20. The zero-order valence-corrected chi connectivity index (χ0v) is 15.2. The van der Waals surface area contributed by atoms with Gasteiger partial charge in [-0.15, -0.1) is 0 Å². The minimum Gasteiger partial charge on any atom is -0.506 e. The number of esters is 1. The van der Waals surface area contributed by atoms with Crippen LogP contribution in [0.15, 0.2) is 53.2 Å². The molecule has 3 rings (SSSR count). The molecule has 2 amide bonds. The number of nitrogens with zero attached hydrogens (tertiary/aromatic N) is 1. The lowest BCUT2D eigenvalue weighted by Crippen LogP contribution is -2.33. The number of ether oxygens (including phenoxy) is 1. The number of aryl methyl sites for hydroxylation is 1. The number of aromatic hydroxyl groups is 1. The molecule has 0 aromatic heterocycles. The zero-order chi connectivity index (χ0) is 19.7. The molecule has 0 saturated heterocycles. The number of hydrogen-bond donors (Lipinski definition) is 2. The fourth-order valence-electron chi connectivity index (χ4n) is 2.67. The van der Waals surface area contributed by atoms with Crippen molar-refractivity contribution in [3.63, 3.8) is 0 Å². The molecule has 2 aromatic rings. The quantitative estimate of drug-likeness (QED) is 0.476. The van der Waals surface area contributed by atoms with Crippen LogP contribution in [-0.4, -0.2) is 30.0 Å². The van der Waals surface area contributed by atoms with Crippen LogP contribution < -0.4 is 10.2 Å². The summed E-state index contributed by atoms with van der Waals surface area (Å²) in [6.07, 6.45) is 0. The van der Waals surface area contributed by atoms with Crippen LogP contribution in [0, 0.1) is 6.92 Å². The summed E-state index contributed by atoms with van der Waals surface area (Å²) in [5.41, 5.74) is 0.972. The number of nitrogens with one attached hydrogen (secondary N) is 1. The Hall–Kier alpha value is -3.32. The van der Waals surface area contributed by atoms with Crippen molar-refractivity contribution in [1.82, 2.24) is 0 Å². The first-order valence-corrected chi connectivity index (χ1v) is 8.25. The Morgan fingerprint density at radius 2 is 1.85 bits per heavy atom. The predicted octanol–water partition coefficient (Wildman–Crippen LogP) is 2.92. The number of benzene rings is 2. The van der Waals surface area contributed by atoms with Crippen molar-refractivity contribution in [2.75, 3.05) is 17.3 Å². The van der Waals surface area contributed by atoms with E-state index in [-0.39, 0.29) is 33.4 Å². The molecular formula is C19H15ClN2O5. The van der Waals surface area contributed by atoms with Crippen LogP contribution in [0.5, 0.6) is 5.75 Å². The lowest BCUT2D eigenvalue weighted by atomic mass is 10.1. The summed E-state index contributed by atoms with van der Waals surface area (Å²) in [5, 5.41) is 12.3. The van der Waals surface area contributed by atoms with Gasteiger partial charge < -0.3 is 15.2 Å². The monoisotopic (exact) mass is 386 g/mol. The average molecular weight is 387 g/mol. The molecule has 0 saturated carbocycles. The number of amides is 2. The third-order valence-corrected chi connectivity index (χ3v) is 4.34. The Morgan fingerprint density at radius 3 is 2.56 bits per heavy atom. The van der Waals surface area contributed by atoms with E-state index in [4.69, 9.17) is 16.3 Å². The summed E-state index contributed by atoms with van der Waals surface area (Å²) in [6, 6.07) is 10.8. The van der Waals surface area contributed by atoms with Gasteiger partial charge in [0, 0.05) is 0 Å². The molecule has 0 unspecified atom stereocenters. The Bertz CT molecular complexity index is 999. The molecule has 1 aliphatic rings. The minimum atomic E-state index is -0.785. The SMILES string of the molecule is COC(=O)c1ccccc1N1C(=O)C(Cl)=C(Nc2cc(C)ccc2O)C1=O. The number of halogens is 1. The van der Waals surface area contributed by atoms with Crippen LogP contribution in [0.3, 0.4) is 0 Å². The van der Waals surface area contributed by atoms with Crippen LogP contribution >= 0.6 is 11.6 Å². The van der Waals surface area contributed by atoms with Gasteiger partial charge in [0.1, 0.15) is 16.5 Å². The van der Waals surface area contributed by atoms with Gasteiger partial charge in [-0.3, -0.25) is 9.59 Å². The second-order valence-corrected chi connectivity index (χ2v) is 6.17. The maximum atomic E-state index is 12.9. The van der Waals surface area contributed by atoms with Gasteiger partial charge in [0.2, 0.25) is 0 Å². The first-order chi connectivity index (χ1) is 12.8. The molecule has 1 heterocycles. The Labute approximate surface area is 159 Å². The van der Waals surface area contributed by atoms with E-state index in [1.807, 2.05) is 0 Å². The minimum absolute atomic E-state index is 0.0471. The third-order valence-electron chi connectivity index (χ3n) is 3.99. The topological polar surface area (TPSA) is 95.9 Å². The smallest absolute Gasteiger partial charge is 0.339 e.